The molecule has 0 aliphatic carbocycles. The molecule has 2 heterocycles. The molecule has 0 aliphatic rings. The molecule has 2 aromatic heterocycles. The molecule has 3 aromatic rings. The van der Waals surface area contributed by atoms with Crippen molar-refractivity contribution in [1.82, 2.24) is 19.9 Å². The molecular weight excluding hydrogens is 446 g/mol. The van der Waals surface area contributed by atoms with E-state index in [1.54, 1.807) is 25.2 Å². The number of hydrogen-bond acceptors (Lipinski definition) is 10. The standard InChI is InChI=1S/C22H29N5O5S/c1-7-26(8-2)11-12-27(20(28)14-13-17(31-5)24-21(23-14)32-6)22-25-18-15(29-3)9-10-16(30-4)19(18)33-22/h9-10,13H,7-8,11-12H2,1-6H3. The van der Waals surface area contributed by atoms with Crippen molar-refractivity contribution < 1.29 is 23.7 Å². The third kappa shape index (κ3) is 5.25. The van der Waals surface area contributed by atoms with Gasteiger partial charge in [-0.05, 0) is 25.2 Å². The normalized spacial score (nSPS) is 11.0. The van der Waals surface area contributed by atoms with Gasteiger partial charge in [0.2, 0.25) is 5.88 Å². The van der Waals surface area contributed by atoms with Gasteiger partial charge in [-0.15, -0.1) is 0 Å². The summed E-state index contributed by atoms with van der Waals surface area (Å²) in [5.41, 5.74) is 0.784. The minimum absolute atomic E-state index is 0.0500. The summed E-state index contributed by atoms with van der Waals surface area (Å²) in [4.78, 5) is 30.6. The Balaban J connectivity index is 2.09. The van der Waals surface area contributed by atoms with Gasteiger partial charge in [-0.1, -0.05) is 25.2 Å². The fourth-order valence-electron chi connectivity index (χ4n) is 3.30. The van der Waals surface area contributed by atoms with Crippen LogP contribution in [0.25, 0.3) is 10.2 Å². The summed E-state index contributed by atoms with van der Waals surface area (Å²) in [6, 6.07) is 5.16. The van der Waals surface area contributed by atoms with Crippen LogP contribution in [-0.2, 0) is 0 Å². The SMILES string of the molecule is CCN(CC)CCN(C(=O)c1cc(OC)nc(OC)n1)c1nc2c(OC)ccc(OC)c2s1. The lowest BCUT2D eigenvalue weighted by Crippen LogP contribution is -2.39. The van der Waals surface area contributed by atoms with Crippen molar-refractivity contribution in [1.29, 1.82) is 0 Å². The Morgan fingerprint density at radius 2 is 1.61 bits per heavy atom. The van der Waals surface area contributed by atoms with Gasteiger partial charge in [0.15, 0.2) is 5.13 Å². The zero-order chi connectivity index (χ0) is 24.0. The first-order valence-corrected chi connectivity index (χ1v) is 11.3. The second kappa shape index (κ2) is 11.1. The summed E-state index contributed by atoms with van der Waals surface area (Å²) in [7, 11) is 6.10. The van der Waals surface area contributed by atoms with Crippen LogP contribution in [0.2, 0.25) is 0 Å². The van der Waals surface area contributed by atoms with Crippen LogP contribution in [0.5, 0.6) is 23.4 Å². The Morgan fingerprint density at radius 1 is 0.909 bits per heavy atom. The first-order chi connectivity index (χ1) is 16.0. The lowest BCUT2D eigenvalue weighted by molar-refractivity contribution is 0.0977. The molecule has 178 valence electrons. The molecule has 0 bridgehead atoms. The number of rotatable bonds is 11. The third-order valence-corrected chi connectivity index (χ3v) is 6.30. The monoisotopic (exact) mass is 475 g/mol. The van der Waals surface area contributed by atoms with Crippen LogP contribution in [0.1, 0.15) is 24.3 Å². The second-order valence-electron chi connectivity index (χ2n) is 6.91. The average Bonchev–Trinajstić information content (AvgIpc) is 3.30. The smallest absolute Gasteiger partial charge is 0.320 e. The predicted octanol–water partition coefficient (Wildman–Crippen LogP) is 3.11. The number of hydrogen-bond donors (Lipinski definition) is 0. The van der Waals surface area contributed by atoms with Gasteiger partial charge in [-0.2, -0.15) is 9.97 Å². The molecule has 0 radical (unpaired) electrons. The molecule has 0 saturated carbocycles. The number of benzene rings is 1. The van der Waals surface area contributed by atoms with Crippen LogP contribution in [-0.4, -0.2) is 80.4 Å². The van der Waals surface area contributed by atoms with Crippen molar-refractivity contribution in [2.75, 3.05) is 59.5 Å². The van der Waals surface area contributed by atoms with Crippen molar-refractivity contribution in [2.24, 2.45) is 0 Å². The Labute approximate surface area is 197 Å². The molecule has 10 nitrogen and oxygen atoms in total. The first kappa shape index (κ1) is 24.5. The van der Waals surface area contributed by atoms with Gasteiger partial charge in [-0.3, -0.25) is 9.69 Å². The molecule has 33 heavy (non-hydrogen) atoms. The van der Waals surface area contributed by atoms with E-state index < -0.39 is 0 Å². The summed E-state index contributed by atoms with van der Waals surface area (Å²) >= 11 is 1.36. The number of amides is 1. The zero-order valence-electron chi connectivity index (χ0n) is 19.7. The van der Waals surface area contributed by atoms with Crippen LogP contribution >= 0.6 is 11.3 Å². The van der Waals surface area contributed by atoms with Crippen LogP contribution in [0, 0.1) is 0 Å². The number of nitrogens with zero attached hydrogens (tertiary/aromatic N) is 5. The van der Waals surface area contributed by atoms with Gasteiger partial charge in [-0.25, -0.2) is 4.98 Å². The van der Waals surface area contributed by atoms with Gasteiger partial charge in [0.25, 0.3) is 5.91 Å². The van der Waals surface area contributed by atoms with Crippen LogP contribution in [0.3, 0.4) is 0 Å². The summed E-state index contributed by atoms with van der Waals surface area (Å²) < 4.78 is 22.2. The van der Waals surface area contributed by atoms with E-state index in [9.17, 15) is 4.79 Å². The van der Waals surface area contributed by atoms with E-state index in [1.165, 1.54) is 31.6 Å². The lowest BCUT2D eigenvalue weighted by Gasteiger charge is -2.24. The molecule has 3 rings (SSSR count). The molecule has 11 heteroatoms. The highest BCUT2D eigenvalue weighted by Gasteiger charge is 2.26. The molecule has 1 aromatic carbocycles. The van der Waals surface area contributed by atoms with E-state index in [-0.39, 0.29) is 23.5 Å². The lowest BCUT2D eigenvalue weighted by atomic mass is 10.3. The summed E-state index contributed by atoms with van der Waals surface area (Å²) in [6.45, 7) is 7.00. The second-order valence-corrected chi connectivity index (χ2v) is 7.89. The van der Waals surface area contributed by atoms with Gasteiger partial charge in [0.1, 0.15) is 27.4 Å². The first-order valence-electron chi connectivity index (χ1n) is 10.5. The molecule has 0 saturated heterocycles. The van der Waals surface area contributed by atoms with Gasteiger partial charge < -0.3 is 23.8 Å². The number of methoxy groups -OCH3 is 4. The molecular formula is C22H29N5O5S. The van der Waals surface area contributed by atoms with E-state index in [0.29, 0.717) is 35.2 Å². The van der Waals surface area contributed by atoms with Gasteiger partial charge in [0.05, 0.1) is 28.4 Å². The van der Waals surface area contributed by atoms with E-state index in [4.69, 9.17) is 23.9 Å². The van der Waals surface area contributed by atoms with Crippen molar-refractivity contribution in [3.8, 4) is 23.4 Å². The number of carbonyl (C=O) groups is 1. The largest absolute Gasteiger partial charge is 0.495 e. The number of ether oxygens (including phenoxy) is 4. The molecule has 0 spiro atoms. The summed E-state index contributed by atoms with van der Waals surface area (Å²) in [5, 5.41) is 0.515. The predicted molar refractivity (Wildman–Crippen MR) is 127 cm³/mol. The average molecular weight is 476 g/mol. The fraction of sp³-hybridized carbons (Fsp3) is 0.455. The van der Waals surface area contributed by atoms with Crippen molar-refractivity contribution >= 4 is 32.6 Å². The maximum Gasteiger partial charge on any atom is 0.320 e. The van der Waals surface area contributed by atoms with Crippen LogP contribution < -0.4 is 23.8 Å². The summed E-state index contributed by atoms with van der Waals surface area (Å²) in [6.07, 6.45) is 0. The number of likely N-dealkylation sites (N-methyl/N-ethyl adjacent to an activating group) is 1. The molecule has 0 N–H and O–H groups in total. The summed E-state index contributed by atoms with van der Waals surface area (Å²) in [5.74, 6) is 1.17. The van der Waals surface area contributed by atoms with Gasteiger partial charge >= 0.3 is 6.01 Å². The Bertz CT molecular complexity index is 1040. The van der Waals surface area contributed by atoms with E-state index in [1.807, 2.05) is 6.07 Å². The van der Waals surface area contributed by atoms with E-state index in [2.05, 4.69) is 28.7 Å². The molecule has 0 aliphatic heterocycles. The highest BCUT2D eigenvalue weighted by atomic mass is 32.1. The van der Waals surface area contributed by atoms with Crippen LogP contribution in [0.4, 0.5) is 5.13 Å². The number of aromatic nitrogens is 3. The van der Waals surface area contributed by atoms with Crippen molar-refractivity contribution in [3.05, 3.63) is 23.9 Å². The number of carbonyl (C=O) groups excluding carboxylic acids is 1. The Morgan fingerprint density at radius 3 is 2.21 bits per heavy atom. The van der Waals surface area contributed by atoms with E-state index in [0.717, 1.165) is 17.8 Å². The van der Waals surface area contributed by atoms with Crippen molar-refractivity contribution in [2.45, 2.75) is 13.8 Å². The Kier molecular flexibility index (Phi) is 8.23. The number of anilines is 1. The third-order valence-electron chi connectivity index (χ3n) is 5.20. The van der Waals surface area contributed by atoms with Crippen LogP contribution in [0.15, 0.2) is 18.2 Å². The maximum atomic E-state index is 13.7. The molecule has 1 amide bonds. The fourth-order valence-corrected chi connectivity index (χ4v) is 4.40. The molecule has 0 fully saturated rings. The van der Waals surface area contributed by atoms with E-state index >= 15 is 0 Å². The zero-order valence-corrected chi connectivity index (χ0v) is 20.6. The highest BCUT2D eigenvalue weighted by molar-refractivity contribution is 7.22. The number of thiazole rings is 1. The van der Waals surface area contributed by atoms with Crippen molar-refractivity contribution in [3.63, 3.8) is 0 Å². The highest BCUT2D eigenvalue weighted by Crippen LogP contribution is 2.40. The number of fused-ring (bicyclic) bond motifs is 1. The maximum absolute atomic E-state index is 13.7. The quantitative estimate of drug-likeness (QED) is 0.414. The Hall–Kier alpha value is -3.18. The molecule has 0 atom stereocenters. The van der Waals surface area contributed by atoms with Gasteiger partial charge in [0, 0.05) is 19.2 Å². The minimum atomic E-state index is -0.335. The molecule has 0 unspecified atom stereocenters. The minimum Gasteiger partial charge on any atom is -0.495 e. The topological polar surface area (TPSA) is 99.1 Å².